The summed E-state index contributed by atoms with van der Waals surface area (Å²) in [5.74, 6) is 0.739. The van der Waals surface area contributed by atoms with Crippen LogP contribution in [-0.2, 0) is 21.2 Å². The predicted molar refractivity (Wildman–Crippen MR) is 112 cm³/mol. The second-order valence-corrected chi connectivity index (χ2v) is 8.92. The number of nitrogens with zero attached hydrogens (tertiary/aromatic N) is 1. The molecule has 2 aromatic carbocycles. The smallest absolute Gasteiger partial charge is 0.263 e. The van der Waals surface area contributed by atoms with Crippen LogP contribution in [0.1, 0.15) is 18.1 Å². The van der Waals surface area contributed by atoms with Gasteiger partial charge in [-0.3, -0.25) is 9.10 Å². The van der Waals surface area contributed by atoms with Crippen LogP contribution in [0, 0.1) is 6.92 Å². The van der Waals surface area contributed by atoms with Gasteiger partial charge in [0, 0.05) is 0 Å². The molecule has 1 aliphatic heterocycles. The summed E-state index contributed by atoms with van der Waals surface area (Å²) in [6.45, 7) is 4.48. The Bertz CT molecular complexity index is 973. The van der Waals surface area contributed by atoms with E-state index in [4.69, 9.17) is 9.47 Å². The number of amides is 1. The largest absolute Gasteiger partial charge is 0.492 e. The third kappa shape index (κ3) is 5.20. The summed E-state index contributed by atoms with van der Waals surface area (Å²) >= 11 is 0. The van der Waals surface area contributed by atoms with Gasteiger partial charge in [0.25, 0.3) is 5.91 Å². The molecule has 0 radical (unpaired) electrons. The van der Waals surface area contributed by atoms with Crippen molar-refractivity contribution < 1.29 is 22.7 Å². The molecule has 7 nitrogen and oxygen atoms in total. The maximum Gasteiger partial charge on any atom is 0.263 e. The number of hydrogen-bond acceptors (Lipinski definition) is 5. The van der Waals surface area contributed by atoms with Crippen molar-refractivity contribution in [2.24, 2.45) is 0 Å². The van der Waals surface area contributed by atoms with Crippen LogP contribution in [0.4, 0.5) is 5.69 Å². The van der Waals surface area contributed by atoms with Gasteiger partial charge >= 0.3 is 0 Å². The number of carbonyl (C=O) groups is 1. The molecule has 3 rings (SSSR count). The van der Waals surface area contributed by atoms with Crippen molar-refractivity contribution in [2.75, 3.05) is 30.3 Å². The molecule has 0 saturated carbocycles. The summed E-state index contributed by atoms with van der Waals surface area (Å²) in [7, 11) is -3.54. The Hall–Kier alpha value is -2.74. The molecule has 0 fully saturated rings. The van der Waals surface area contributed by atoms with Crippen molar-refractivity contribution in [1.82, 2.24) is 5.32 Å². The lowest BCUT2D eigenvalue weighted by molar-refractivity contribution is -0.127. The predicted octanol–water partition coefficient (Wildman–Crippen LogP) is 2.28. The molecule has 1 amide bonds. The van der Waals surface area contributed by atoms with E-state index in [2.05, 4.69) is 12.2 Å². The minimum absolute atomic E-state index is 0.0694. The first-order chi connectivity index (χ1) is 13.8. The zero-order valence-corrected chi connectivity index (χ0v) is 17.7. The molecule has 0 aromatic heterocycles. The molecule has 0 saturated heterocycles. The third-order valence-corrected chi connectivity index (χ3v) is 5.83. The molecule has 1 atom stereocenters. The molecule has 2 aromatic rings. The topological polar surface area (TPSA) is 84.9 Å². The van der Waals surface area contributed by atoms with E-state index in [1.54, 1.807) is 12.1 Å². The number of ether oxygens (including phenoxy) is 2. The Morgan fingerprint density at radius 3 is 2.62 bits per heavy atom. The van der Waals surface area contributed by atoms with Gasteiger partial charge in [0.15, 0.2) is 6.10 Å². The summed E-state index contributed by atoms with van der Waals surface area (Å²) < 4.78 is 37.0. The molecule has 1 heterocycles. The van der Waals surface area contributed by atoms with Crippen LogP contribution in [0.5, 0.6) is 11.5 Å². The standard InChI is InChI=1S/C21H26N2O5S/c1-4-16-6-8-17(9-7-16)27-12-11-22-21(24)20-14-23(29(3,25)26)18-10-5-15(2)13-19(18)28-20/h5-10,13,20H,4,11-12,14H2,1-3H3,(H,22,24)/t20-/m0/s1. The molecule has 0 spiro atoms. The van der Waals surface area contributed by atoms with Crippen molar-refractivity contribution in [1.29, 1.82) is 0 Å². The number of fused-ring (bicyclic) bond motifs is 1. The Morgan fingerprint density at radius 2 is 1.97 bits per heavy atom. The van der Waals surface area contributed by atoms with Crippen molar-refractivity contribution in [2.45, 2.75) is 26.4 Å². The number of benzene rings is 2. The summed E-state index contributed by atoms with van der Waals surface area (Å²) in [5, 5.41) is 2.75. The van der Waals surface area contributed by atoms with E-state index in [-0.39, 0.29) is 19.0 Å². The van der Waals surface area contributed by atoms with Crippen LogP contribution in [0.2, 0.25) is 0 Å². The van der Waals surface area contributed by atoms with Gasteiger partial charge in [-0.1, -0.05) is 25.1 Å². The Kier molecular flexibility index (Phi) is 6.32. The number of sulfonamides is 1. The van der Waals surface area contributed by atoms with Gasteiger partial charge in [-0.25, -0.2) is 8.42 Å². The molecule has 0 bridgehead atoms. The van der Waals surface area contributed by atoms with Crippen LogP contribution < -0.4 is 19.1 Å². The summed E-state index contributed by atoms with van der Waals surface area (Å²) in [5.41, 5.74) is 2.59. The van der Waals surface area contributed by atoms with Gasteiger partial charge in [-0.15, -0.1) is 0 Å². The van der Waals surface area contributed by atoms with E-state index < -0.39 is 16.1 Å². The molecule has 0 aliphatic carbocycles. The molecular formula is C21H26N2O5S. The van der Waals surface area contributed by atoms with Crippen molar-refractivity contribution >= 4 is 21.6 Å². The first-order valence-corrected chi connectivity index (χ1v) is 11.4. The molecule has 1 aliphatic rings. The maximum atomic E-state index is 12.5. The Labute approximate surface area is 171 Å². The molecule has 156 valence electrons. The monoisotopic (exact) mass is 418 g/mol. The average molecular weight is 419 g/mol. The zero-order valence-electron chi connectivity index (χ0n) is 16.8. The van der Waals surface area contributed by atoms with Crippen LogP contribution in [0.25, 0.3) is 0 Å². The number of anilines is 1. The highest BCUT2D eigenvalue weighted by atomic mass is 32.2. The minimum atomic E-state index is -3.54. The highest BCUT2D eigenvalue weighted by molar-refractivity contribution is 7.92. The van der Waals surface area contributed by atoms with Gasteiger partial charge in [0.2, 0.25) is 10.0 Å². The SMILES string of the molecule is CCc1ccc(OCCNC(=O)[C@@H]2CN(S(C)(=O)=O)c3ccc(C)cc3O2)cc1. The highest BCUT2D eigenvalue weighted by Crippen LogP contribution is 2.35. The fourth-order valence-corrected chi connectivity index (χ4v) is 4.00. The van der Waals surface area contributed by atoms with Crippen LogP contribution in [-0.4, -0.2) is 46.4 Å². The molecule has 0 unspecified atom stereocenters. The lowest BCUT2D eigenvalue weighted by atomic mass is 10.1. The van der Waals surface area contributed by atoms with Crippen LogP contribution in [0.15, 0.2) is 42.5 Å². The quantitative estimate of drug-likeness (QED) is 0.698. The third-order valence-electron chi connectivity index (χ3n) is 4.68. The fraction of sp³-hybridized carbons (Fsp3) is 0.381. The van der Waals surface area contributed by atoms with Crippen LogP contribution >= 0.6 is 0 Å². The average Bonchev–Trinajstić information content (AvgIpc) is 2.69. The lowest BCUT2D eigenvalue weighted by Gasteiger charge is -2.34. The Balaban J connectivity index is 1.59. The first kappa shape index (κ1) is 21.0. The maximum absolute atomic E-state index is 12.5. The second kappa shape index (κ2) is 8.73. The normalized spacial score (nSPS) is 16.0. The number of rotatable bonds is 7. The zero-order chi connectivity index (χ0) is 21.0. The summed E-state index contributed by atoms with van der Waals surface area (Å²) in [6, 6.07) is 13.0. The van der Waals surface area contributed by atoms with Crippen LogP contribution in [0.3, 0.4) is 0 Å². The number of hydrogen-bond donors (Lipinski definition) is 1. The van der Waals surface area contributed by atoms with Gasteiger partial charge in [0.05, 0.1) is 25.0 Å². The summed E-state index contributed by atoms with van der Waals surface area (Å²) in [6.07, 6.45) is 1.15. The first-order valence-electron chi connectivity index (χ1n) is 9.52. The molecule has 29 heavy (non-hydrogen) atoms. The van der Waals surface area contributed by atoms with Gasteiger partial charge in [-0.2, -0.15) is 0 Å². The van der Waals surface area contributed by atoms with Gasteiger partial charge in [0.1, 0.15) is 18.1 Å². The highest BCUT2D eigenvalue weighted by Gasteiger charge is 2.34. The van der Waals surface area contributed by atoms with Crippen molar-refractivity contribution in [3.8, 4) is 11.5 Å². The van der Waals surface area contributed by atoms with E-state index in [9.17, 15) is 13.2 Å². The Morgan fingerprint density at radius 1 is 1.24 bits per heavy atom. The fourth-order valence-electron chi connectivity index (χ4n) is 3.09. The van der Waals surface area contributed by atoms with Gasteiger partial charge < -0.3 is 14.8 Å². The van der Waals surface area contributed by atoms with Gasteiger partial charge in [-0.05, 0) is 48.7 Å². The number of nitrogens with one attached hydrogen (secondary N) is 1. The molecular weight excluding hydrogens is 392 g/mol. The lowest BCUT2D eigenvalue weighted by Crippen LogP contribution is -2.51. The van der Waals surface area contributed by atoms with E-state index in [1.807, 2.05) is 37.3 Å². The minimum Gasteiger partial charge on any atom is -0.492 e. The number of aryl methyl sites for hydroxylation is 2. The van der Waals surface area contributed by atoms with E-state index in [0.29, 0.717) is 18.0 Å². The van der Waals surface area contributed by atoms with E-state index >= 15 is 0 Å². The summed E-state index contributed by atoms with van der Waals surface area (Å²) in [4.78, 5) is 12.5. The van der Waals surface area contributed by atoms with Crippen molar-refractivity contribution in [3.05, 3.63) is 53.6 Å². The van der Waals surface area contributed by atoms with Crippen molar-refractivity contribution in [3.63, 3.8) is 0 Å². The second-order valence-electron chi connectivity index (χ2n) is 7.01. The van der Waals surface area contributed by atoms with E-state index in [0.717, 1.165) is 24.0 Å². The molecule has 1 N–H and O–H groups in total. The number of carbonyl (C=O) groups excluding carboxylic acids is 1. The molecule has 8 heteroatoms. The van der Waals surface area contributed by atoms with E-state index in [1.165, 1.54) is 9.87 Å².